The zero-order chi connectivity index (χ0) is 26.4. The van der Waals surface area contributed by atoms with Gasteiger partial charge in [-0.2, -0.15) is 0 Å². The Morgan fingerprint density at radius 2 is 1.65 bits per heavy atom. The number of hydrogen-bond donors (Lipinski definition) is 3. The van der Waals surface area contributed by atoms with Crippen molar-refractivity contribution in [2.45, 2.75) is 51.9 Å². The van der Waals surface area contributed by atoms with Crippen LogP contribution in [0.5, 0.6) is 0 Å². The van der Waals surface area contributed by atoms with E-state index in [1.165, 1.54) is 17.7 Å². The van der Waals surface area contributed by atoms with E-state index in [9.17, 15) is 18.7 Å². The molecule has 1 amide bonds. The molecular formula is C30H33F2N3O2. The van der Waals surface area contributed by atoms with Crippen LogP contribution in [-0.4, -0.2) is 34.3 Å². The minimum absolute atomic E-state index is 0.0704. The molecule has 0 spiro atoms. The van der Waals surface area contributed by atoms with Crippen LogP contribution in [0.3, 0.4) is 0 Å². The number of fused-ring (bicyclic) bond motifs is 1. The third-order valence-corrected chi connectivity index (χ3v) is 6.60. The molecule has 194 valence electrons. The SMILES string of the molecule is CCc1cccc(CNC[C@H](O)[C@H](Cc2cc(F)cc(F)c2)NC(=O)c2cc3ccccc3n2CC)c1. The predicted octanol–water partition coefficient (Wildman–Crippen LogP) is 4.99. The van der Waals surface area contributed by atoms with E-state index in [0.717, 1.165) is 29.0 Å². The van der Waals surface area contributed by atoms with E-state index in [2.05, 4.69) is 29.7 Å². The molecule has 3 aromatic carbocycles. The third-order valence-electron chi connectivity index (χ3n) is 6.60. The average Bonchev–Trinajstić information content (AvgIpc) is 3.26. The van der Waals surface area contributed by atoms with Gasteiger partial charge in [0.25, 0.3) is 5.91 Å². The summed E-state index contributed by atoms with van der Waals surface area (Å²) in [5.41, 5.74) is 4.08. The van der Waals surface area contributed by atoms with E-state index < -0.39 is 23.8 Å². The van der Waals surface area contributed by atoms with Crippen molar-refractivity contribution in [1.29, 1.82) is 0 Å². The second kappa shape index (κ2) is 12.1. The van der Waals surface area contributed by atoms with Crippen LogP contribution in [0.1, 0.15) is 41.0 Å². The van der Waals surface area contributed by atoms with E-state index in [4.69, 9.17) is 0 Å². The Labute approximate surface area is 216 Å². The lowest BCUT2D eigenvalue weighted by atomic mass is 10.00. The van der Waals surface area contributed by atoms with Gasteiger partial charge in [0, 0.05) is 36.6 Å². The number of aryl methyl sites for hydroxylation is 2. The van der Waals surface area contributed by atoms with Gasteiger partial charge in [-0.25, -0.2) is 8.78 Å². The third kappa shape index (κ3) is 6.61. The number of halogens is 2. The first kappa shape index (κ1) is 26.5. The fraction of sp³-hybridized carbons (Fsp3) is 0.300. The molecule has 0 unspecified atom stereocenters. The van der Waals surface area contributed by atoms with Crippen LogP contribution in [0.2, 0.25) is 0 Å². The topological polar surface area (TPSA) is 66.3 Å². The number of carbonyl (C=O) groups excluding carboxylic acids is 1. The molecule has 7 heteroatoms. The average molecular weight is 506 g/mol. The molecule has 0 saturated carbocycles. The maximum Gasteiger partial charge on any atom is 0.268 e. The van der Waals surface area contributed by atoms with E-state index in [1.807, 2.05) is 54.0 Å². The lowest BCUT2D eigenvalue weighted by Crippen LogP contribution is -2.49. The largest absolute Gasteiger partial charge is 0.390 e. The lowest BCUT2D eigenvalue weighted by molar-refractivity contribution is 0.0822. The zero-order valence-corrected chi connectivity index (χ0v) is 21.2. The van der Waals surface area contributed by atoms with Gasteiger partial charge in [-0.05, 0) is 60.7 Å². The van der Waals surface area contributed by atoms with Crippen LogP contribution < -0.4 is 10.6 Å². The summed E-state index contributed by atoms with van der Waals surface area (Å²) in [4.78, 5) is 13.4. The highest BCUT2D eigenvalue weighted by molar-refractivity contribution is 5.99. The van der Waals surface area contributed by atoms with Gasteiger partial charge in [-0.15, -0.1) is 0 Å². The van der Waals surface area contributed by atoms with Gasteiger partial charge in [-0.3, -0.25) is 4.79 Å². The molecule has 5 nitrogen and oxygen atoms in total. The first-order chi connectivity index (χ1) is 17.9. The summed E-state index contributed by atoms with van der Waals surface area (Å²) in [6.45, 7) is 5.39. The summed E-state index contributed by atoms with van der Waals surface area (Å²) in [7, 11) is 0. The molecular weight excluding hydrogens is 472 g/mol. The highest BCUT2D eigenvalue weighted by Gasteiger charge is 2.25. The van der Waals surface area contributed by atoms with E-state index in [1.54, 1.807) is 0 Å². The number of para-hydroxylation sites is 1. The van der Waals surface area contributed by atoms with Crippen molar-refractivity contribution in [2.24, 2.45) is 0 Å². The number of aliphatic hydroxyl groups excluding tert-OH is 1. The Kier molecular flexibility index (Phi) is 8.69. The fourth-order valence-electron chi connectivity index (χ4n) is 4.71. The Morgan fingerprint density at radius 1 is 0.919 bits per heavy atom. The van der Waals surface area contributed by atoms with Crippen LogP contribution in [0, 0.1) is 11.6 Å². The number of aliphatic hydroxyl groups is 1. The monoisotopic (exact) mass is 505 g/mol. The highest BCUT2D eigenvalue weighted by Crippen LogP contribution is 2.20. The van der Waals surface area contributed by atoms with Crippen molar-refractivity contribution in [2.75, 3.05) is 6.54 Å². The zero-order valence-electron chi connectivity index (χ0n) is 21.2. The number of rotatable bonds is 11. The van der Waals surface area contributed by atoms with E-state index >= 15 is 0 Å². The molecule has 0 aliphatic carbocycles. The first-order valence-electron chi connectivity index (χ1n) is 12.7. The Balaban J connectivity index is 1.52. The number of benzene rings is 3. The maximum atomic E-state index is 13.9. The fourth-order valence-corrected chi connectivity index (χ4v) is 4.71. The molecule has 3 N–H and O–H groups in total. The molecule has 37 heavy (non-hydrogen) atoms. The van der Waals surface area contributed by atoms with E-state index in [0.29, 0.717) is 24.3 Å². The second-order valence-electron chi connectivity index (χ2n) is 9.27. The summed E-state index contributed by atoms with van der Waals surface area (Å²) in [6.07, 6.45) is 0.00796. The highest BCUT2D eigenvalue weighted by atomic mass is 19.1. The molecule has 0 fully saturated rings. The van der Waals surface area contributed by atoms with Crippen LogP contribution in [0.15, 0.2) is 72.8 Å². The minimum Gasteiger partial charge on any atom is -0.390 e. The van der Waals surface area contributed by atoms with Crippen molar-refractivity contribution in [3.8, 4) is 0 Å². The predicted molar refractivity (Wildman–Crippen MR) is 142 cm³/mol. The van der Waals surface area contributed by atoms with E-state index in [-0.39, 0.29) is 18.9 Å². The smallest absolute Gasteiger partial charge is 0.268 e. The van der Waals surface area contributed by atoms with Gasteiger partial charge in [0.1, 0.15) is 17.3 Å². The molecule has 0 aliphatic rings. The standard InChI is InChI=1S/C30H33F2N3O2/c1-3-20-8-7-9-21(12-20)18-33-19-29(36)26(15-22-13-24(31)17-25(32)14-22)34-30(37)28-16-23-10-5-6-11-27(23)35(28)4-2/h5-14,16-17,26,29,33,36H,3-4,15,18-19H2,1-2H3,(H,34,37)/t26-,29-/m0/s1. The number of carbonyl (C=O) groups is 1. The van der Waals surface area contributed by atoms with Crippen molar-refractivity contribution in [3.63, 3.8) is 0 Å². The number of hydrogen-bond acceptors (Lipinski definition) is 3. The molecule has 1 aromatic heterocycles. The first-order valence-corrected chi connectivity index (χ1v) is 12.7. The summed E-state index contributed by atoms with van der Waals surface area (Å²) < 4.78 is 29.7. The normalized spacial score (nSPS) is 13.0. The van der Waals surface area contributed by atoms with Crippen molar-refractivity contribution >= 4 is 16.8 Å². The Bertz CT molecular complexity index is 1350. The van der Waals surface area contributed by atoms with Crippen LogP contribution >= 0.6 is 0 Å². The molecule has 0 radical (unpaired) electrons. The van der Waals surface area contributed by atoms with Crippen LogP contribution in [0.25, 0.3) is 10.9 Å². The lowest BCUT2D eigenvalue weighted by Gasteiger charge is -2.25. The quantitative estimate of drug-likeness (QED) is 0.269. The summed E-state index contributed by atoms with van der Waals surface area (Å²) in [5, 5.41) is 18.2. The molecule has 2 atom stereocenters. The minimum atomic E-state index is -0.996. The van der Waals surface area contributed by atoms with Gasteiger partial charge >= 0.3 is 0 Å². The number of aromatic nitrogens is 1. The van der Waals surface area contributed by atoms with Gasteiger partial charge in [0.15, 0.2) is 0 Å². The van der Waals surface area contributed by atoms with Crippen molar-refractivity contribution in [3.05, 3.63) is 107 Å². The maximum absolute atomic E-state index is 13.9. The Hall–Kier alpha value is -3.55. The molecule has 0 bridgehead atoms. The van der Waals surface area contributed by atoms with Gasteiger partial charge < -0.3 is 20.3 Å². The molecule has 4 aromatic rings. The summed E-state index contributed by atoms with van der Waals surface area (Å²) in [6, 6.07) is 20.2. The molecule has 1 heterocycles. The summed E-state index contributed by atoms with van der Waals surface area (Å²) >= 11 is 0. The van der Waals surface area contributed by atoms with Crippen molar-refractivity contribution < 1.29 is 18.7 Å². The van der Waals surface area contributed by atoms with Crippen molar-refractivity contribution in [1.82, 2.24) is 15.2 Å². The molecule has 0 saturated heterocycles. The van der Waals surface area contributed by atoms with Gasteiger partial charge in [-0.1, -0.05) is 49.4 Å². The van der Waals surface area contributed by atoms with Crippen LogP contribution in [-0.2, 0) is 25.9 Å². The van der Waals surface area contributed by atoms with Gasteiger partial charge in [0.05, 0.1) is 12.1 Å². The second-order valence-corrected chi connectivity index (χ2v) is 9.27. The number of amides is 1. The number of nitrogens with zero attached hydrogens (tertiary/aromatic N) is 1. The van der Waals surface area contributed by atoms with Crippen LogP contribution in [0.4, 0.5) is 8.78 Å². The Morgan fingerprint density at radius 3 is 2.38 bits per heavy atom. The molecule has 0 aliphatic heterocycles. The number of nitrogens with one attached hydrogen (secondary N) is 2. The molecule has 4 rings (SSSR count). The van der Waals surface area contributed by atoms with Gasteiger partial charge in [0.2, 0.25) is 0 Å². The summed E-state index contributed by atoms with van der Waals surface area (Å²) in [5.74, 6) is -1.75.